The number of halogens is 3. The number of morpholine rings is 1. The van der Waals surface area contributed by atoms with E-state index in [0.29, 0.717) is 53.5 Å². The zero-order valence-electron chi connectivity index (χ0n) is 20.7. The molecule has 1 aliphatic rings. The second-order valence-electron chi connectivity index (χ2n) is 8.58. The number of aromatic nitrogens is 4. The molecule has 0 atom stereocenters. The summed E-state index contributed by atoms with van der Waals surface area (Å²) in [5.74, 6) is -0.267. The lowest BCUT2D eigenvalue weighted by Crippen LogP contribution is -2.41. The van der Waals surface area contributed by atoms with Gasteiger partial charge < -0.3 is 15.4 Å². The van der Waals surface area contributed by atoms with E-state index in [1.807, 2.05) is 0 Å². The third kappa shape index (κ3) is 7.26. The Kier molecular flexibility index (Phi) is 8.49. The van der Waals surface area contributed by atoms with Gasteiger partial charge in [-0.2, -0.15) is 18.3 Å². The number of H-pyrrole nitrogens is 1. The quantitative estimate of drug-likeness (QED) is 0.221. The number of rotatable bonds is 8. The van der Waals surface area contributed by atoms with E-state index in [1.165, 1.54) is 36.7 Å². The van der Waals surface area contributed by atoms with Gasteiger partial charge in [-0.15, -0.1) is 0 Å². The molecular weight excluding hydrogens is 569 g/mol. The number of aromatic amines is 1. The molecule has 1 aliphatic heterocycles. The van der Waals surface area contributed by atoms with Gasteiger partial charge in [-0.25, -0.2) is 14.8 Å². The van der Waals surface area contributed by atoms with Crippen LogP contribution in [0.3, 0.4) is 0 Å². The van der Waals surface area contributed by atoms with E-state index in [-0.39, 0.29) is 33.4 Å². The summed E-state index contributed by atoms with van der Waals surface area (Å²) in [6.45, 7) is 4.18. The molecule has 11 nitrogen and oxygen atoms in total. The number of thiazole rings is 1. The van der Waals surface area contributed by atoms with Crippen LogP contribution >= 0.6 is 23.1 Å². The minimum Gasteiger partial charge on any atom is -0.379 e. The molecule has 1 aromatic carbocycles. The average Bonchev–Trinajstić information content (AvgIpc) is 3.57. The van der Waals surface area contributed by atoms with Gasteiger partial charge in [-0.1, -0.05) is 17.4 Å². The van der Waals surface area contributed by atoms with Gasteiger partial charge in [0.2, 0.25) is 0 Å². The monoisotopic (exact) mass is 592 g/mol. The van der Waals surface area contributed by atoms with Crippen LogP contribution in [0.5, 0.6) is 0 Å². The largest absolute Gasteiger partial charge is 0.446 e. The van der Waals surface area contributed by atoms with E-state index in [0.717, 1.165) is 24.4 Å². The second-order valence-corrected chi connectivity index (χ2v) is 10.8. The van der Waals surface area contributed by atoms with Crippen LogP contribution in [0.15, 0.2) is 47.6 Å². The van der Waals surface area contributed by atoms with E-state index in [9.17, 15) is 22.8 Å². The Morgan fingerprint density at radius 1 is 1.15 bits per heavy atom. The Morgan fingerprint density at radius 3 is 2.77 bits per heavy atom. The molecule has 3 aromatic heterocycles. The van der Waals surface area contributed by atoms with Crippen LogP contribution in [-0.4, -0.2) is 81.9 Å². The maximum atomic E-state index is 13.0. The Balaban J connectivity index is 1.24. The summed E-state index contributed by atoms with van der Waals surface area (Å²) >= 11 is 0.852. The Labute approximate surface area is 233 Å². The highest BCUT2D eigenvalue weighted by Gasteiger charge is 2.29. The normalized spacial score (nSPS) is 14.3. The van der Waals surface area contributed by atoms with Crippen LogP contribution in [-0.2, 0) is 4.74 Å². The molecule has 0 aliphatic carbocycles. The van der Waals surface area contributed by atoms with Crippen molar-refractivity contribution < 1.29 is 27.5 Å². The van der Waals surface area contributed by atoms with Gasteiger partial charge in [0, 0.05) is 43.0 Å². The molecule has 210 valence electrons. The predicted molar refractivity (Wildman–Crippen MR) is 146 cm³/mol. The molecule has 4 aromatic rings. The molecule has 16 heteroatoms. The first kappa shape index (κ1) is 27.8. The fourth-order valence-corrected chi connectivity index (χ4v) is 5.34. The molecule has 5 rings (SSSR count). The van der Waals surface area contributed by atoms with Crippen molar-refractivity contribution in [3.05, 3.63) is 48.3 Å². The number of hydrogen-bond acceptors (Lipinski definition) is 9. The number of ether oxygens (including phenoxy) is 1. The maximum absolute atomic E-state index is 13.0. The lowest BCUT2D eigenvalue weighted by Gasteiger charge is -2.26. The number of thioether (sulfide) groups is 1. The van der Waals surface area contributed by atoms with Crippen molar-refractivity contribution in [3.8, 4) is 10.6 Å². The molecule has 0 unspecified atom stereocenters. The third-order valence-electron chi connectivity index (χ3n) is 5.79. The molecule has 0 saturated carbocycles. The highest BCUT2D eigenvalue weighted by atomic mass is 32.2. The predicted octanol–water partition coefficient (Wildman–Crippen LogP) is 4.40. The Bertz CT molecular complexity index is 1500. The van der Waals surface area contributed by atoms with Crippen molar-refractivity contribution >= 4 is 56.9 Å². The molecule has 0 radical (unpaired) electrons. The Morgan fingerprint density at radius 2 is 1.98 bits per heavy atom. The number of pyridine rings is 1. The summed E-state index contributed by atoms with van der Waals surface area (Å²) in [5.41, 5.74) is -2.97. The van der Waals surface area contributed by atoms with Crippen molar-refractivity contribution in [1.29, 1.82) is 0 Å². The van der Waals surface area contributed by atoms with Gasteiger partial charge in [-0.05, 0) is 36.0 Å². The summed E-state index contributed by atoms with van der Waals surface area (Å²) in [7, 11) is 0. The Hall–Kier alpha value is -3.73. The maximum Gasteiger partial charge on any atom is 0.446 e. The number of alkyl halides is 3. The van der Waals surface area contributed by atoms with Crippen LogP contribution in [0, 0.1) is 0 Å². The third-order valence-corrected chi connectivity index (χ3v) is 7.45. The minimum absolute atomic E-state index is 0.0527. The number of amides is 3. The number of carbonyl (C=O) groups excluding carboxylic acids is 2. The second kappa shape index (κ2) is 12.2. The van der Waals surface area contributed by atoms with Crippen LogP contribution in [0.1, 0.15) is 10.4 Å². The summed E-state index contributed by atoms with van der Waals surface area (Å²) in [6.07, 6.45) is 3.04. The molecule has 0 bridgehead atoms. The molecule has 4 N–H and O–H groups in total. The molecule has 1 saturated heterocycles. The van der Waals surface area contributed by atoms with Gasteiger partial charge in [0.15, 0.2) is 10.8 Å². The lowest BCUT2D eigenvalue weighted by atomic mass is 10.1. The first-order valence-electron chi connectivity index (χ1n) is 12.1. The van der Waals surface area contributed by atoms with Crippen molar-refractivity contribution in [1.82, 2.24) is 30.4 Å². The van der Waals surface area contributed by atoms with Crippen LogP contribution in [0.2, 0.25) is 0 Å². The molecule has 40 heavy (non-hydrogen) atoms. The van der Waals surface area contributed by atoms with Crippen LogP contribution in [0.25, 0.3) is 21.6 Å². The first-order chi connectivity index (χ1) is 19.2. The average molecular weight is 593 g/mol. The number of anilines is 2. The number of benzene rings is 1. The van der Waals surface area contributed by atoms with E-state index in [2.05, 4.69) is 41.0 Å². The number of urea groups is 1. The highest BCUT2D eigenvalue weighted by molar-refractivity contribution is 8.00. The highest BCUT2D eigenvalue weighted by Crippen LogP contribution is 2.37. The van der Waals surface area contributed by atoms with Crippen molar-refractivity contribution in [3.63, 3.8) is 0 Å². The lowest BCUT2D eigenvalue weighted by molar-refractivity contribution is -0.0328. The number of fused-ring (bicyclic) bond motifs is 1. The zero-order chi connectivity index (χ0) is 28.1. The molecular formula is C24H23F3N8O3S2. The van der Waals surface area contributed by atoms with Gasteiger partial charge >= 0.3 is 11.5 Å². The summed E-state index contributed by atoms with van der Waals surface area (Å²) in [5, 5.41) is 15.6. The number of nitrogens with one attached hydrogen (secondary N) is 4. The van der Waals surface area contributed by atoms with Gasteiger partial charge in [0.1, 0.15) is 0 Å². The van der Waals surface area contributed by atoms with Crippen LogP contribution in [0.4, 0.5) is 28.8 Å². The van der Waals surface area contributed by atoms with Crippen LogP contribution < -0.4 is 16.0 Å². The topological polar surface area (TPSA) is 137 Å². The summed E-state index contributed by atoms with van der Waals surface area (Å²) < 4.78 is 43.3. The van der Waals surface area contributed by atoms with E-state index >= 15 is 0 Å². The van der Waals surface area contributed by atoms with Gasteiger partial charge in [0.05, 0.1) is 40.9 Å². The van der Waals surface area contributed by atoms with E-state index < -0.39 is 11.5 Å². The molecule has 0 spiro atoms. The minimum atomic E-state index is -4.44. The SMILES string of the molecule is O=C(Nc1cccc(SC(F)(F)F)c1)Nc1ncc(-c2cc(C(=O)NCCN3CCOCC3)c3cn[nH]c3n2)s1. The summed E-state index contributed by atoms with van der Waals surface area (Å²) in [6, 6.07) is 6.39. The fourth-order valence-electron chi connectivity index (χ4n) is 3.97. The van der Waals surface area contributed by atoms with E-state index in [4.69, 9.17) is 4.74 Å². The number of nitrogens with zero attached hydrogens (tertiary/aromatic N) is 4. The zero-order valence-corrected chi connectivity index (χ0v) is 22.4. The standard InChI is InChI=1S/C24H23F3N8O3S2/c25-24(26,27)40-15-3-1-2-14(10-15)31-22(37)33-23-29-13-19(39-23)18-11-16(17-12-30-34-20(17)32-18)21(36)28-4-5-35-6-8-38-9-7-35/h1-3,10-13H,4-9H2,(H,28,36)(H,30,32,34)(H2,29,31,33,37). The van der Waals surface area contributed by atoms with Crippen molar-refractivity contribution in [2.45, 2.75) is 10.4 Å². The van der Waals surface area contributed by atoms with Crippen molar-refractivity contribution in [2.24, 2.45) is 0 Å². The smallest absolute Gasteiger partial charge is 0.379 e. The molecule has 1 fully saturated rings. The number of hydrogen-bond donors (Lipinski definition) is 4. The number of carbonyl (C=O) groups is 2. The van der Waals surface area contributed by atoms with Crippen molar-refractivity contribution in [2.75, 3.05) is 50.0 Å². The van der Waals surface area contributed by atoms with E-state index in [1.54, 1.807) is 6.07 Å². The molecule has 4 heterocycles. The first-order valence-corrected chi connectivity index (χ1v) is 13.7. The van der Waals surface area contributed by atoms with Gasteiger partial charge in [0.25, 0.3) is 5.91 Å². The fraction of sp³-hybridized carbons (Fsp3) is 0.292. The summed E-state index contributed by atoms with van der Waals surface area (Å²) in [4.78, 5) is 37.0. The molecule has 3 amide bonds. The van der Waals surface area contributed by atoms with Gasteiger partial charge in [-0.3, -0.25) is 20.1 Å².